The maximum Gasteiger partial charge on any atom is 0.0850 e. The second-order valence-electron chi connectivity index (χ2n) is 2.69. The fraction of sp³-hybridized carbons (Fsp3) is 1.00. The van der Waals surface area contributed by atoms with Crippen LogP contribution in [0.3, 0.4) is 0 Å². The Hall–Kier alpha value is -0.120. The first-order chi connectivity index (χ1) is 4.84. The molecule has 0 aromatic carbocycles. The van der Waals surface area contributed by atoms with Crippen molar-refractivity contribution in [2.75, 3.05) is 19.7 Å². The molecule has 0 spiro atoms. The highest BCUT2D eigenvalue weighted by molar-refractivity contribution is 4.76. The van der Waals surface area contributed by atoms with Crippen molar-refractivity contribution in [3.8, 4) is 0 Å². The zero-order chi connectivity index (χ0) is 7.40. The van der Waals surface area contributed by atoms with Crippen LogP contribution in [0.2, 0.25) is 0 Å². The van der Waals surface area contributed by atoms with Crippen LogP contribution in [0, 0.1) is 0 Å². The molecule has 10 heavy (non-hydrogen) atoms. The molecular weight excluding hydrogens is 128 g/mol. The van der Waals surface area contributed by atoms with Gasteiger partial charge in [0.1, 0.15) is 0 Å². The summed E-state index contributed by atoms with van der Waals surface area (Å²) < 4.78 is 5.44. The van der Waals surface area contributed by atoms with E-state index in [1.807, 2.05) is 0 Å². The summed E-state index contributed by atoms with van der Waals surface area (Å²) in [6, 6.07) is 0.202. The second-order valence-corrected chi connectivity index (χ2v) is 2.69. The summed E-state index contributed by atoms with van der Waals surface area (Å²) in [7, 11) is 0. The van der Waals surface area contributed by atoms with Gasteiger partial charge in [0.05, 0.1) is 12.7 Å². The Balaban J connectivity index is 2.24. The lowest BCUT2D eigenvalue weighted by Gasteiger charge is -2.27. The van der Waals surface area contributed by atoms with E-state index in [1.165, 1.54) is 0 Å². The number of hydrogen-bond donors (Lipinski definition) is 2. The highest BCUT2D eigenvalue weighted by Gasteiger charge is 2.18. The normalized spacial score (nSPS) is 30.0. The fourth-order valence-corrected chi connectivity index (χ4v) is 1.12. The maximum atomic E-state index is 5.78. The van der Waals surface area contributed by atoms with Crippen LogP contribution in [0.25, 0.3) is 0 Å². The molecule has 1 rings (SSSR count). The number of nitrogens with two attached hydrogens (primary N) is 1. The lowest BCUT2D eigenvalue weighted by molar-refractivity contribution is 0.0120. The van der Waals surface area contributed by atoms with Crippen molar-refractivity contribution in [2.24, 2.45) is 5.73 Å². The molecule has 1 aliphatic heterocycles. The third kappa shape index (κ3) is 1.94. The summed E-state index contributed by atoms with van der Waals surface area (Å²) in [5, 5.41) is 3.25. The quantitative estimate of drug-likeness (QED) is 0.560. The topological polar surface area (TPSA) is 47.3 Å². The van der Waals surface area contributed by atoms with Crippen molar-refractivity contribution in [1.82, 2.24) is 5.32 Å². The molecule has 0 aromatic heterocycles. The van der Waals surface area contributed by atoms with Gasteiger partial charge >= 0.3 is 0 Å². The van der Waals surface area contributed by atoms with Crippen LogP contribution in [-0.4, -0.2) is 31.8 Å². The van der Waals surface area contributed by atoms with Gasteiger partial charge in [0.2, 0.25) is 0 Å². The van der Waals surface area contributed by atoms with Gasteiger partial charge in [0.25, 0.3) is 0 Å². The highest BCUT2D eigenvalue weighted by atomic mass is 16.5. The zero-order valence-corrected chi connectivity index (χ0v) is 6.47. The van der Waals surface area contributed by atoms with Gasteiger partial charge in [-0.15, -0.1) is 0 Å². The molecule has 1 fully saturated rings. The van der Waals surface area contributed by atoms with Crippen molar-refractivity contribution in [1.29, 1.82) is 0 Å². The third-order valence-corrected chi connectivity index (χ3v) is 1.91. The van der Waals surface area contributed by atoms with Gasteiger partial charge in [-0.05, 0) is 6.42 Å². The van der Waals surface area contributed by atoms with E-state index in [2.05, 4.69) is 12.2 Å². The highest BCUT2D eigenvalue weighted by Crippen LogP contribution is 2.02. The minimum atomic E-state index is 0.202. The van der Waals surface area contributed by atoms with Gasteiger partial charge in [-0.1, -0.05) is 6.92 Å². The number of rotatable bonds is 2. The summed E-state index contributed by atoms with van der Waals surface area (Å²) in [5.41, 5.74) is 5.78. The predicted octanol–water partition coefficient (Wildman–Crippen LogP) is -0.288. The fourth-order valence-electron chi connectivity index (χ4n) is 1.12. The van der Waals surface area contributed by atoms with Crippen LogP contribution in [0.4, 0.5) is 0 Å². The van der Waals surface area contributed by atoms with Crippen molar-refractivity contribution in [3.63, 3.8) is 0 Å². The average molecular weight is 144 g/mol. The molecule has 60 valence electrons. The van der Waals surface area contributed by atoms with Crippen LogP contribution < -0.4 is 11.1 Å². The molecule has 0 radical (unpaired) electrons. The Morgan fingerprint density at radius 1 is 1.80 bits per heavy atom. The first-order valence-corrected chi connectivity index (χ1v) is 3.92. The number of hydrogen-bond acceptors (Lipinski definition) is 3. The van der Waals surface area contributed by atoms with Crippen molar-refractivity contribution >= 4 is 0 Å². The molecule has 2 unspecified atom stereocenters. The monoisotopic (exact) mass is 144 g/mol. The van der Waals surface area contributed by atoms with Gasteiger partial charge < -0.3 is 15.8 Å². The number of nitrogens with one attached hydrogen (secondary N) is 1. The van der Waals surface area contributed by atoms with Crippen molar-refractivity contribution in [3.05, 3.63) is 0 Å². The summed E-state index contributed by atoms with van der Waals surface area (Å²) in [6.07, 6.45) is 1.23. The van der Waals surface area contributed by atoms with E-state index < -0.39 is 0 Å². The van der Waals surface area contributed by atoms with Crippen molar-refractivity contribution < 1.29 is 4.74 Å². The first-order valence-electron chi connectivity index (χ1n) is 3.92. The SMILES string of the molecule is CCC(N)C1CNCCO1. The van der Waals surface area contributed by atoms with Gasteiger partial charge in [-0.25, -0.2) is 0 Å². The maximum absolute atomic E-state index is 5.78. The molecule has 3 heteroatoms. The lowest BCUT2D eigenvalue weighted by atomic mass is 10.1. The summed E-state index contributed by atoms with van der Waals surface area (Å²) in [4.78, 5) is 0. The largest absolute Gasteiger partial charge is 0.374 e. The molecule has 1 heterocycles. The number of morpholine rings is 1. The minimum Gasteiger partial charge on any atom is -0.374 e. The van der Waals surface area contributed by atoms with E-state index in [1.54, 1.807) is 0 Å². The van der Waals surface area contributed by atoms with Crippen LogP contribution in [0.5, 0.6) is 0 Å². The Kier molecular flexibility index (Phi) is 3.12. The van der Waals surface area contributed by atoms with E-state index in [4.69, 9.17) is 10.5 Å². The van der Waals surface area contributed by atoms with E-state index >= 15 is 0 Å². The van der Waals surface area contributed by atoms with Gasteiger partial charge in [-0.3, -0.25) is 0 Å². The standard InChI is InChI=1S/C7H16N2O/c1-2-6(8)7-5-9-3-4-10-7/h6-7,9H,2-5,8H2,1H3. The number of ether oxygens (including phenoxy) is 1. The van der Waals surface area contributed by atoms with Gasteiger partial charge in [0.15, 0.2) is 0 Å². The van der Waals surface area contributed by atoms with Crippen LogP contribution in [0.15, 0.2) is 0 Å². The van der Waals surface area contributed by atoms with E-state index in [-0.39, 0.29) is 12.1 Å². The molecule has 3 nitrogen and oxygen atoms in total. The smallest absolute Gasteiger partial charge is 0.0850 e. The molecule has 0 aliphatic carbocycles. The van der Waals surface area contributed by atoms with Crippen LogP contribution in [-0.2, 0) is 4.74 Å². The van der Waals surface area contributed by atoms with Gasteiger partial charge in [0, 0.05) is 19.1 Å². The third-order valence-electron chi connectivity index (χ3n) is 1.91. The van der Waals surface area contributed by atoms with Gasteiger partial charge in [-0.2, -0.15) is 0 Å². The van der Waals surface area contributed by atoms with E-state index in [0.717, 1.165) is 26.1 Å². The van der Waals surface area contributed by atoms with Crippen LogP contribution >= 0.6 is 0 Å². The second kappa shape index (κ2) is 3.91. The Bertz CT molecular complexity index is 91.6. The molecule has 2 atom stereocenters. The molecule has 0 aromatic rings. The zero-order valence-electron chi connectivity index (χ0n) is 6.47. The molecule has 1 aliphatic rings. The molecule has 3 N–H and O–H groups in total. The predicted molar refractivity (Wildman–Crippen MR) is 40.9 cm³/mol. The van der Waals surface area contributed by atoms with Crippen molar-refractivity contribution in [2.45, 2.75) is 25.5 Å². The van der Waals surface area contributed by atoms with E-state index in [9.17, 15) is 0 Å². The molecular formula is C7H16N2O. The minimum absolute atomic E-state index is 0.202. The molecule has 1 saturated heterocycles. The molecule has 0 saturated carbocycles. The van der Waals surface area contributed by atoms with E-state index in [0.29, 0.717) is 0 Å². The first kappa shape index (κ1) is 7.98. The lowest BCUT2D eigenvalue weighted by Crippen LogP contribution is -2.48. The van der Waals surface area contributed by atoms with Crippen LogP contribution in [0.1, 0.15) is 13.3 Å². The summed E-state index contributed by atoms with van der Waals surface area (Å²) in [6.45, 7) is 4.77. The average Bonchev–Trinajstić information content (AvgIpc) is 2.05. The Morgan fingerprint density at radius 3 is 3.10 bits per heavy atom. The summed E-state index contributed by atoms with van der Waals surface area (Å²) >= 11 is 0. The summed E-state index contributed by atoms with van der Waals surface area (Å²) in [5.74, 6) is 0. The Morgan fingerprint density at radius 2 is 2.60 bits per heavy atom. The molecule has 0 bridgehead atoms. The Labute approximate surface area is 61.9 Å². The molecule has 0 amide bonds.